The van der Waals surface area contributed by atoms with Gasteiger partial charge in [-0.25, -0.2) is 4.98 Å². The van der Waals surface area contributed by atoms with Gasteiger partial charge in [0.05, 0.1) is 18.5 Å². The zero-order chi connectivity index (χ0) is 16.1. The second kappa shape index (κ2) is 6.98. The summed E-state index contributed by atoms with van der Waals surface area (Å²) in [7, 11) is 1.60. The fourth-order valence-electron chi connectivity index (χ4n) is 1.98. The second-order valence-corrected chi connectivity index (χ2v) is 5.58. The van der Waals surface area contributed by atoms with Gasteiger partial charge in [-0.05, 0) is 48.6 Å². The van der Waals surface area contributed by atoms with Crippen LogP contribution < -0.4 is 4.74 Å². The second-order valence-electron chi connectivity index (χ2n) is 4.72. The third kappa shape index (κ3) is 3.70. The molecule has 0 saturated heterocycles. The Hall–Kier alpha value is -2.79. The molecule has 0 amide bonds. The molecule has 23 heavy (non-hydrogen) atoms. The Morgan fingerprint density at radius 2 is 2.00 bits per heavy atom. The average molecular weight is 322 g/mol. The zero-order valence-corrected chi connectivity index (χ0v) is 13.3. The number of carbonyl (C=O) groups is 1. The number of ketones is 1. The summed E-state index contributed by atoms with van der Waals surface area (Å²) < 4.78 is 5.08. The van der Waals surface area contributed by atoms with Gasteiger partial charge in [0.1, 0.15) is 10.8 Å². The molecule has 2 aromatic heterocycles. The monoisotopic (exact) mass is 322 g/mol. The largest absolute Gasteiger partial charge is 0.497 e. The first-order valence-corrected chi connectivity index (χ1v) is 7.87. The fraction of sp³-hybridized carbons (Fsp3) is 0.0556. The Labute approximate surface area is 138 Å². The van der Waals surface area contributed by atoms with E-state index >= 15 is 0 Å². The number of carbonyl (C=O) groups excluding carboxylic acids is 1. The van der Waals surface area contributed by atoms with Gasteiger partial charge in [0.15, 0.2) is 5.78 Å². The lowest BCUT2D eigenvalue weighted by Crippen LogP contribution is -1.94. The highest BCUT2D eigenvalue weighted by Gasteiger charge is 2.05. The number of thiazole rings is 1. The number of hydrogen-bond acceptors (Lipinski definition) is 5. The van der Waals surface area contributed by atoms with Crippen molar-refractivity contribution in [2.45, 2.75) is 0 Å². The lowest BCUT2D eigenvalue weighted by molar-refractivity contribution is 0.104. The maximum absolute atomic E-state index is 12.1. The minimum absolute atomic E-state index is 0.0694. The molecule has 2 heterocycles. The van der Waals surface area contributed by atoms with Crippen LogP contribution in [0.1, 0.15) is 16.1 Å². The van der Waals surface area contributed by atoms with Crippen molar-refractivity contribution < 1.29 is 9.53 Å². The maximum Gasteiger partial charge on any atom is 0.185 e. The number of nitrogens with zero attached hydrogens (tertiary/aromatic N) is 2. The Morgan fingerprint density at radius 3 is 2.70 bits per heavy atom. The lowest BCUT2D eigenvalue weighted by Gasteiger charge is -1.99. The molecular weight excluding hydrogens is 308 g/mol. The SMILES string of the molecule is COc1ccc(C(=O)C=Cc2csc(-c3ccccn3)n2)cc1. The first-order chi connectivity index (χ1) is 11.3. The van der Waals surface area contributed by atoms with E-state index in [0.717, 1.165) is 22.1 Å². The van der Waals surface area contributed by atoms with Crippen molar-refractivity contribution in [3.63, 3.8) is 0 Å². The molecule has 0 radical (unpaired) electrons. The normalized spacial score (nSPS) is 10.8. The van der Waals surface area contributed by atoms with Crippen LogP contribution >= 0.6 is 11.3 Å². The number of ether oxygens (including phenoxy) is 1. The summed E-state index contributed by atoms with van der Waals surface area (Å²) in [6.07, 6.45) is 4.98. The fourth-order valence-corrected chi connectivity index (χ4v) is 2.75. The minimum atomic E-state index is -0.0694. The van der Waals surface area contributed by atoms with Crippen LogP contribution in [0.25, 0.3) is 16.8 Å². The standard InChI is InChI=1S/C18H14N2O2S/c1-22-15-8-5-13(6-9-15)17(21)10-7-14-12-23-18(20-14)16-4-2-3-11-19-16/h2-12H,1H3. The van der Waals surface area contributed by atoms with Crippen LogP contribution in [0.3, 0.4) is 0 Å². The van der Waals surface area contributed by atoms with Crippen molar-refractivity contribution in [3.05, 3.63) is 71.4 Å². The molecule has 114 valence electrons. The molecule has 4 nitrogen and oxygen atoms in total. The quantitative estimate of drug-likeness (QED) is 0.524. The topological polar surface area (TPSA) is 52.1 Å². The molecule has 0 unspecified atom stereocenters. The van der Waals surface area contributed by atoms with Gasteiger partial charge in [0.25, 0.3) is 0 Å². The van der Waals surface area contributed by atoms with Gasteiger partial charge < -0.3 is 4.74 Å². The van der Waals surface area contributed by atoms with Crippen molar-refractivity contribution in [2.75, 3.05) is 7.11 Å². The van der Waals surface area contributed by atoms with Crippen LogP contribution in [0.2, 0.25) is 0 Å². The molecule has 0 saturated carbocycles. The Bertz CT molecular complexity index is 824. The molecule has 1 aromatic carbocycles. The van der Waals surface area contributed by atoms with Gasteiger partial charge in [0, 0.05) is 17.1 Å². The molecule has 0 bridgehead atoms. The Balaban J connectivity index is 1.72. The minimum Gasteiger partial charge on any atom is -0.497 e. The third-order valence-corrected chi connectivity index (χ3v) is 4.07. The molecule has 0 N–H and O–H groups in total. The van der Waals surface area contributed by atoms with E-state index in [-0.39, 0.29) is 5.78 Å². The van der Waals surface area contributed by atoms with Crippen molar-refractivity contribution in [3.8, 4) is 16.5 Å². The van der Waals surface area contributed by atoms with Crippen LogP contribution in [0.5, 0.6) is 5.75 Å². The zero-order valence-electron chi connectivity index (χ0n) is 12.5. The van der Waals surface area contributed by atoms with Crippen molar-refractivity contribution in [1.29, 1.82) is 0 Å². The van der Waals surface area contributed by atoms with E-state index in [4.69, 9.17) is 4.74 Å². The number of pyridine rings is 1. The summed E-state index contributed by atoms with van der Waals surface area (Å²) >= 11 is 1.50. The Kier molecular flexibility index (Phi) is 4.59. The van der Waals surface area contributed by atoms with E-state index in [1.807, 2.05) is 23.6 Å². The Morgan fingerprint density at radius 1 is 1.17 bits per heavy atom. The van der Waals surface area contributed by atoms with E-state index in [0.29, 0.717) is 5.56 Å². The van der Waals surface area contributed by atoms with E-state index in [1.165, 1.54) is 17.4 Å². The summed E-state index contributed by atoms with van der Waals surface area (Å²) in [6.45, 7) is 0. The van der Waals surface area contributed by atoms with Gasteiger partial charge in [-0.2, -0.15) is 0 Å². The first-order valence-electron chi connectivity index (χ1n) is 6.99. The molecule has 5 heteroatoms. The van der Waals surface area contributed by atoms with Crippen LogP contribution in [0.15, 0.2) is 60.1 Å². The molecule has 0 fully saturated rings. The van der Waals surface area contributed by atoms with E-state index in [2.05, 4.69) is 9.97 Å². The van der Waals surface area contributed by atoms with E-state index < -0.39 is 0 Å². The number of allylic oxidation sites excluding steroid dienone is 1. The molecule has 0 aliphatic carbocycles. The van der Waals surface area contributed by atoms with Gasteiger partial charge in [-0.15, -0.1) is 11.3 Å². The highest BCUT2D eigenvalue weighted by atomic mass is 32.1. The summed E-state index contributed by atoms with van der Waals surface area (Å²) in [5, 5.41) is 2.74. The van der Waals surface area contributed by atoms with Crippen LogP contribution in [0, 0.1) is 0 Å². The molecule has 3 rings (SSSR count). The average Bonchev–Trinajstić information content (AvgIpc) is 3.09. The van der Waals surface area contributed by atoms with Crippen LogP contribution in [-0.2, 0) is 0 Å². The highest BCUT2D eigenvalue weighted by molar-refractivity contribution is 7.13. The number of benzene rings is 1. The van der Waals surface area contributed by atoms with Gasteiger partial charge in [0.2, 0.25) is 0 Å². The molecule has 0 aliphatic rings. The first kappa shape index (κ1) is 15.1. The van der Waals surface area contributed by atoms with E-state index in [1.54, 1.807) is 43.6 Å². The lowest BCUT2D eigenvalue weighted by atomic mass is 10.1. The summed E-state index contributed by atoms with van der Waals surface area (Å²) in [5.74, 6) is 0.657. The van der Waals surface area contributed by atoms with Crippen LogP contribution in [0.4, 0.5) is 0 Å². The van der Waals surface area contributed by atoms with Gasteiger partial charge in [-0.3, -0.25) is 9.78 Å². The summed E-state index contributed by atoms with van der Waals surface area (Å²) in [5.41, 5.74) is 2.19. The predicted molar refractivity (Wildman–Crippen MR) is 91.7 cm³/mol. The third-order valence-electron chi connectivity index (χ3n) is 3.19. The number of hydrogen-bond donors (Lipinski definition) is 0. The molecule has 0 aliphatic heterocycles. The van der Waals surface area contributed by atoms with Gasteiger partial charge in [-0.1, -0.05) is 6.07 Å². The molecule has 0 spiro atoms. The van der Waals surface area contributed by atoms with Crippen molar-refractivity contribution in [2.24, 2.45) is 0 Å². The van der Waals surface area contributed by atoms with Gasteiger partial charge >= 0.3 is 0 Å². The summed E-state index contributed by atoms with van der Waals surface area (Å²) in [6, 6.07) is 12.7. The smallest absolute Gasteiger partial charge is 0.185 e. The number of rotatable bonds is 5. The molecule has 0 atom stereocenters. The van der Waals surface area contributed by atoms with Crippen molar-refractivity contribution >= 4 is 23.2 Å². The predicted octanol–water partition coefficient (Wildman–Crippen LogP) is 4.11. The maximum atomic E-state index is 12.1. The molecular formula is C18H14N2O2S. The number of aromatic nitrogens is 2. The summed E-state index contributed by atoms with van der Waals surface area (Å²) in [4.78, 5) is 20.9. The molecule has 3 aromatic rings. The number of methoxy groups -OCH3 is 1. The van der Waals surface area contributed by atoms with E-state index in [9.17, 15) is 4.79 Å². The highest BCUT2D eigenvalue weighted by Crippen LogP contribution is 2.22. The van der Waals surface area contributed by atoms with Crippen LogP contribution in [-0.4, -0.2) is 22.9 Å². The van der Waals surface area contributed by atoms with Crippen molar-refractivity contribution in [1.82, 2.24) is 9.97 Å².